The number of ether oxygens (including phenoxy) is 2. The van der Waals surface area contributed by atoms with E-state index in [1.165, 1.54) is 38.4 Å². The zero-order valence-corrected chi connectivity index (χ0v) is 22.7. The number of likely N-dealkylation sites (N-methyl/N-ethyl adjacent to an activating group) is 1. The molecule has 0 aliphatic carbocycles. The number of fused-ring (bicyclic) bond motifs is 2. The highest BCUT2D eigenvalue weighted by Crippen LogP contribution is 2.53. The Balaban J connectivity index is 1.48. The third kappa shape index (κ3) is 3.81. The number of sulfonamides is 1. The van der Waals surface area contributed by atoms with Crippen molar-refractivity contribution in [1.82, 2.24) is 9.21 Å². The van der Waals surface area contributed by atoms with Gasteiger partial charge in [0.15, 0.2) is 5.54 Å². The summed E-state index contributed by atoms with van der Waals surface area (Å²) in [6, 6.07) is 12.3. The van der Waals surface area contributed by atoms with Crippen molar-refractivity contribution < 1.29 is 37.4 Å². The second kappa shape index (κ2) is 9.81. The van der Waals surface area contributed by atoms with E-state index in [9.17, 15) is 27.9 Å². The lowest BCUT2D eigenvalue weighted by molar-refractivity contribution is -0.145. The lowest BCUT2D eigenvalue weighted by Gasteiger charge is -2.35. The van der Waals surface area contributed by atoms with E-state index in [0.29, 0.717) is 37.5 Å². The Morgan fingerprint density at radius 2 is 1.73 bits per heavy atom. The van der Waals surface area contributed by atoms with E-state index < -0.39 is 38.9 Å². The molecule has 2 aromatic carbocycles. The molecule has 2 amide bonds. The fourth-order valence-electron chi connectivity index (χ4n) is 6.08. The first kappa shape index (κ1) is 26.6. The number of ketones is 1. The molecule has 12 heteroatoms. The average Bonchev–Trinajstić information content (AvgIpc) is 3.63. The van der Waals surface area contributed by atoms with Gasteiger partial charge in [-0.05, 0) is 43.2 Å². The predicted octanol–water partition coefficient (Wildman–Crippen LogP) is 1.44. The van der Waals surface area contributed by atoms with Crippen molar-refractivity contribution in [2.75, 3.05) is 51.4 Å². The third-order valence-electron chi connectivity index (χ3n) is 8.09. The van der Waals surface area contributed by atoms with Crippen LogP contribution in [-0.2, 0) is 39.4 Å². The fourth-order valence-corrected chi connectivity index (χ4v) is 7.49. The van der Waals surface area contributed by atoms with Gasteiger partial charge in [0, 0.05) is 50.1 Å². The number of Topliss-reactive ketones (excluding diaryl/α,β-unsaturated/α-hetero) is 1. The molecule has 3 saturated heterocycles. The minimum absolute atomic E-state index is 0.00595. The maximum absolute atomic E-state index is 14.1. The first-order chi connectivity index (χ1) is 19.2. The summed E-state index contributed by atoms with van der Waals surface area (Å²) < 4.78 is 38.5. The van der Waals surface area contributed by atoms with E-state index >= 15 is 0 Å². The number of benzene rings is 2. The summed E-state index contributed by atoms with van der Waals surface area (Å²) in [5.74, 6) is -2.98. The number of para-hydroxylation sites is 1. The van der Waals surface area contributed by atoms with E-state index in [1.54, 1.807) is 31.3 Å². The van der Waals surface area contributed by atoms with Gasteiger partial charge in [-0.1, -0.05) is 18.2 Å². The van der Waals surface area contributed by atoms with Crippen molar-refractivity contribution in [1.29, 1.82) is 0 Å². The zero-order chi connectivity index (χ0) is 28.2. The molecule has 210 valence electrons. The molecule has 4 heterocycles. The van der Waals surface area contributed by atoms with Crippen LogP contribution in [-0.4, -0.2) is 92.9 Å². The number of carbonyl (C=O) groups excluding carboxylic acids is 3. The molecule has 1 spiro atoms. The highest BCUT2D eigenvalue weighted by atomic mass is 32.2. The number of anilines is 1. The van der Waals surface area contributed by atoms with Crippen LogP contribution in [0.4, 0.5) is 5.69 Å². The first-order valence-corrected chi connectivity index (χ1v) is 14.6. The number of rotatable bonds is 5. The Bertz CT molecular complexity index is 1520. The van der Waals surface area contributed by atoms with Crippen molar-refractivity contribution in [2.24, 2.45) is 0 Å². The maximum Gasteiger partial charge on any atom is 0.296 e. The number of likely N-dealkylation sites (tertiary alicyclic amines) is 1. The van der Waals surface area contributed by atoms with Gasteiger partial charge in [-0.2, -0.15) is 4.31 Å². The topological polar surface area (TPSA) is 134 Å². The predicted molar refractivity (Wildman–Crippen MR) is 143 cm³/mol. The average molecular weight is 568 g/mol. The Morgan fingerprint density at radius 1 is 1.02 bits per heavy atom. The van der Waals surface area contributed by atoms with Gasteiger partial charge in [0.1, 0.15) is 5.76 Å². The van der Waals surface area contributed by atoms with Crippen LogP contribution in [0.25, 0.3) is 5.76 Å². The standard InChI is InChI=1S/C28H29N3O8S/c1-29-22-7-3-2-6-21(22)28(27(29)35)23(25(33)26(34)31(28)17-19-5-4-14-39-19)24(32)18-8-10-20(11-9-18)40(36,37)30-12-15-38-16-13-30/h2-3,6-11,19,32H,4-5,12-17H2,1H3/b24-23+. The number of amides is 2. The lowest BCUT2D eigenvalue weighted by Crippen LogP contribution is -2.53. The van der Waals surface area contributed by atoms with E-state index in [4.69, 9.17) is 9.47 Å². The van der Waals surface area contributed by atoms with Crippen LogP contribution in [0.15, 0.2) is 59.0 Å². The van der Waals surface area contributed by atoms with Gasteiger partial charge in [0.2, 0.25) is 10.0 Å². The smallest absolute Gasteiger partial charge is 0.296 e. The lowest BCUT2D eigenvalue weighted by atomic mass is 9.81. The molecule has 40 heavy (non-hydrogen) atoms. The van der Waals surface area contributed by atoms with Crippen molar-refractivity contribution >= 4 is 39.1 Å². The third-order valence-corrected chi connectivity index (χ3v) is 10.00. The zero-order valence-electron chi connectivity index (χ0n) is 21.9. The second-order valence-electron chi connectivity index (χ2n) is 10.2. The van der Waals surface area contributed by atoms with Crippen LogP contribution in [0.1, 0.15) is 24.0 Å². The van der Waals surface area contributed by atoms with Gasteiger partial charge in [-0.15, -0.1) is 0 Å². The van der Waals surface area contributed by atoms with Crippen LogP contribution in [0.5, 0.6) is 0 Å². The number of nitrogens with zero attached hydrogens (tertiary/aromatic N) is 3. The largest absolute Gasteiger partial charge is 0.507 e. The molecule has 3 fully saturated rings. The molecule has 0 saturated carbocycles. The SMILES string of the molecule is CN1C(=O)C2(/C(=C(/O)c3ccc(S(=O)(=O)N4CCOCC4)cc3)C(=O)C(=O)N2CC2CCCO2)c2ccccc21. The van der Waals surface area contributed by atoms with Crippen molar-refractivity contribution in [3.8, 4) is 0 Å². The summed E-state index contributed by atoms with van der Waals surface area (Å²) in [4.78, 5) is 43.9. The molecular weight excluding hydrogens is 538 g/mol. The summed E-state index contributed by atoms with van der Waals surface area (Å²) in [5.41, 5.74) is -1.19. The minimum atomic E-state index is -3.79. The summed E-state index contributed by atoms with van der Waals surface area (Å²) >= 11 is 0. The molecule has 2 unspecified atom stereocenters. The number of hydrogen-bond acceptors (Lipinski definition) is 8. The second-order valence-corrected chi connectivity index (χ2v) is 12.2. The van der Waals surface area contributed by atoms with Crippen molar-refractivity contribution in [3.05, 3.63) is 65.2 Å². The highest BCUT2D eigenvalue weighted by molar-refractivity contribution is 7.89. The summed E-state index contributed by atoms with van der Waals surface area (Å²) in [6.07, 6.45) is 1.11. The number of aliphatic hydroxyl groups is 1. The van der Waals surface area contributed by atoms with Crippen LogP contribution < -0.4 is 4.90 Å². The Hall–Kier alpha value is -3.58. The first-order valence-electron chi connectivity index (χ1n) is 13.2. The Kier molecular flexibility index (Phi) is 6.53. The Labute approximate surface area is 231 Å². The molecule has 4 aliphatic rings. The highest BCUT2D eigenvalue weighted by Gasteiger charge is 2.67. The number of aliphatic hydroxyl groups excluding tert-OH is 1. The molecule has 11 nitrogen and oxygen atoms in total. The van der Waals surface area contributed by atoms with E-state index in [0.717, 1.165) is 6.42 Å². The van der Waals surface area contributed by atoms with E-state index in [2.05, 4.69) is 0 Å². The van der Waals surface area contributed by atoms with Crippen molar-refractivity contribution in [3.63, 3.8) is 0 Å². The fraction of sp³-hybridized carbons (Fsp3) is 0.393. The van der Waals surface area contributed by atoms with Crippen molar-refractivity contribution in [2.45, 2.75) is 29.4 Å². The van der Waals surface area contributed by atoms with Gasteiger partial charge >= 0.3 is 0 Å². The molecule has 6 rings (SSSR count). The summed E-state index contributed by atoms with van der Waals surface area (Å²) in [5, 5.41) is 11.6. The van der Waals surface area contributed by atoms with Crippen LogP contribution in [0.3, 0.4) is 0 Å². The van der Waals surface area contributed by atoms with Crippen LogP contribution in [0, 0.1) is 0 Å². The van der Waals surface area contributed by atoms with Gasteiger partial charge in [-0.25, -0.2) is 8.42 Å². The molecule has 0 bridgehead atoms. The monoisotopic (exact) mass is 567 g/mol. The van der Waals surface area contributed by atoms with E-state index in [-0.39, 0.29) is 41.8 Å². The molecule has 4 aliphatic heterocycles. The molecule has 0 radical (unpaired) electrons. The van der Waals surface area contributed by atoms with Gasteiger partial charge in [0.25, 0.3) is 17.6 Å². The summed E-state index contributed by atoms with van der Waals surface area (Å²) in [7, 11) is -2.23. The van der Waals surface area contributed by atoms with Gasteiger partial charge in [0.05, 0.1) is 29.8 Å². The molecule has 2 atom stereocenters. The number of morpholine rings is 1. The van der Waals surface area contributed by atoms with Gasteiger partial charge in [-0.3, -0.25) is 14.4 Å². The molecular formula is C28H29N3O8S. The minimum Gasteiger partial charge on any atom is -0.507 e. The normalized spacial score (nSPS) is 26.7. The number of hydrogen-bond donors (Lipinski definition) is 1. The van der Waals surface area contributed by atoms with E-state index in [1.807, 2.05) is 0 Å². The summed E-state index contributed by atoms with van der Waals surface area (Å²) in [6.45, 7) is 1.59. The molecule has 2 aromatic rings. The van der Waals surface area contributed by atoms with Gasteiger partial charge < -0.3 is 24.4 Å². The maximum atomic E-state index is 14.1. The quantitative estimate of drug-likeness (QED) is 0.326. The molecule has 1 N–H and O–H groups in total. The Morgan fingerprint density at radius 3 is 2.40 bits per heavy atom. The van der Waals surface area contributed by atoms with Crippen LogP contribution >= 0.6 is 0 Å². The molecule has 0 aromatic heterocycles. The van der Waals surface area contributed by atoms with Crippen LogP contribution in [0.2, 0.25) is 0 Å². The number of carbonyl (C=O) groups is 3.